The summed E-state index contributed by atoms with van der Waals surface area (Å²) in [5.41, 5.74) is 3.81. The number of aryl methyl sites for hydroxylation is 1. The van der Waals surface area contributed by atoms with Crippen molar-refractivity contribution in [3.05, 3.63) is 59.9 Å². The quantitative estimate of drug-likeness (QED) is 0.228. The fourth-order valence-corrected chi connectivity index (χ4v) is 7.15. The summed E-state index contributed by atoms with van der Waals surface area (Å²) in [5.74, 6) is 1.91. The minimum Gasteiger partial charge on any atom is -0.444 e. The number of ether oxygens (including phenoxy) is 1. The number of carbonyl (C=O) groups excluding carboxylic acids is 2. The van der Waals surface area contributed by atoms with Crippen LogP contribution in [0.1, 0.15) is 96.4 Å². The highest BCUT2D eigenvalue weighted by molar-refractivity contribution is 5.79. The lowest BCUT2D eigenvalue weighted by Crippen LogP contribution is -2.46. The third-order valence-electron chi connectivity index (χ3n) is 9.64. The second kappa shape index (κ2) is 16.0. The largest absolute Gasteiger partial charge is 0.444 e. The van der Waals surface area contributed by atoms with Crippen LogP contribution in [-0.2, 0) is 22.5 Å². The highest BCUT2D eigenvalue weighted by Crippen LogP contribution is 2.31. The molecule has 2 fully saturated rings. The van der Waals surface area contributed by atoms with E-state index in [1.165, 1.54) is 11.2 Å². The molecule has 9 heteroatoms. The van der Waals surface area contributed by atoms with E-state index in [1.54, 1.807) is 0 Å². The Morgan fingerprint density at radius 1 is 1.04 bits per heavy atom. The molecule has 2 N–H and O–H groups in total. The van der Waals surface area contributed by atoms with Crippen LogP contribution in [0.25, 0.3) is 11.0 Å². The molecule has 0 spiro atoms. The standard InChI is InChI=1S/C38H55N5O4/c1-5-6-21-43-34-12-8-7-11-33(34)40-36(43)30-10-9-20-42(27-30)35(45)26-31(39-37(46)47-38(2,3)4)25-29-13-15-32(16-14-29)41-22-17-28(18-23-41)19-24-44/h7-8,11-16,28,30-31,44H,5-6,9-10,17-27H2,1-4H3,(H,39,46)/t30-,31-/m1/s1. The van der Waals surface area contributed by atoms with E-state index in [2.05, 4.69) is 64.2 Å². The number of nitrogens with zero attached hydrogens (tertiary/aromatic N) is 4. The topological polar surface area (TPSA) is 99.9 Å². The van der Waals surface area contributed by atoms with Crippen molar-refractivity contribution >= 4 is 28.7 Å². The average molecular weight is 646 g/mol. The number of para-hydroxylation sites is 2. The molecule has 0 saturated carbocycles. The first kappa shape index (κ1) is 34.7. The SMILES string of the molecule is CCCCn1c([C@@H]2CCCN(C(=O)C[C@@H](Cc3ccc(N4CCC(CCO)CC4)cc3)NC(=O)OC(C)(C)C)C2)nc2ccccc21. The van der Waals surface area contributed by atoms with Gasteiger partial charge in [-0.3, -0.25) is 4.79 Å². The molecule has 2 aliphatic heterocycles. The van der Waals surface area contributed by atoms with Gasteiger partial charge < -0.3 is 29.5 Å². The number of aliphatic hydroxyl groups is 1. The van der Waals surface area contributed by atoms with Gasteiger partial charge in [0, 0.05) is 63.4 Å². The fraction of sp³-hybridized carbons (Fsp3) is 0.605. The lowest BCUT2D eigenvalue weighted by atomic mass is 9.93. The first-order valence-electron chi connectivity index (χ1n) is 17.8. The third kappa shape index (κ3) is 9.49. The number of imidazole rings is 1. The number of nitrogens with one attached hydrogen (secondary N) is 1. The molecule has 256 valence electrons. The number of unbranched alkanes of at least 4 members (excludes halogenated alkanes) is 1. The predicted octanol–water partition coefficient (Wildman–Crippen LogP) is 6.67. The number of amides is 2. The molecule has 5 rings (SSSR count). The van der Waals surface area contributed by atoms with E-state index in [1.807, 2.05) is 31.7 Å². The Bertz CT molecular complexity index is 1450. The number of likely N-dealkylation sites (tertiary alicyclic amines) is 1. The fourth-order valence-electron chi connectivity index (χ4n) is 7.15. The number of aliphatic hydroxyl groups excluding tert-OH is 1. The van der Waals surface area contributed by atoms with Crippen LogP contribution >= 0.6 is 0 Å². The van der Waals surface area contributed by atoms with Crippen molar-refractivity contribution in [3.8, 4) is 0 Å². The molecule has 47 heavy (non-hydrogen) atoms. The summed E-state index contributed by atoms with van der Waals surface area (Å²) in [5, 5.41) is 12.3. The van der Waals surface area contributed by atoms with E-state index in [4.69, 9.17) is 9.72 Å². The molecule has 1 aromatic heterocycles. The molecule has 0 aliphatic carbocycles. The van der Waals surface area contributed by atoms with E-state index in [9.17, 15) is 14.7 Å². The van der Waals surface area contributed by atoms with Crippen LogP contribution in [0.2, 0.25) is 0 Å². The Morgan fingerprint density at radius 2 is 1.79 bits per heavy atom. The summed E-state index contributed by atoms with van der Waals surface area (Å²) in [4.78, 5) is 36.2. The van der Waals surface area contributed by atoms with Gasteiger partial charge in [-0.25, -0.2) is 9.78 Å². The van der Waals surface area contributed by atoms with Crippen molar-refractivity contribution in [1.29, 1.82) is 0 Å². The maximum Gasteiger partial charge on any atom is 0.407 e. The van der Waals surface area contributed by atoms with Crippen LogP contribution in [0.15, 0.2) is 48.5 Å². The molecule has 2 aliphatic rings. The van der Waals surface area contributed by atoms with Crippen molar-refractivity contribution in [2.45, 2.75) is 110 Å². The van der Waals surface area contributed by atoms with Gasteiger partial charge in [-0.05, 0) is 101 Å². The number of hydrogen-bond acceptors (Lipinski definition) is 6. The van der Waals surface area contributed by atoms with Crippen molar-refractivity contribution in [2.75, 3.05) is 37.7 Å². The minimum absolute atomic E-state index is 0.0503. The van der Waals surface area contributed by atoms with E-state index in [-0.39, 0.29) is 24.9 Å². The highest BCUT2D eigenvalue weighted by atomic mass is 16.6. The monoisotopic (exact) mass is 645 g/mol. The second-order valence-corrected chi connectivity index (χ2v) is 14.5. The Balaban J connectivity index is 1.26. The predicted molar refractivity (Wildman–Crippen MR) is 188 cm³/mol. The Hall–Kier alpha value is -3.59. The van der Waals surface area contributed by atoms with Crippen molar-refractivity contribution in [3.63, 3.8) is 0 Å². The summed E-state index contributed by atoms with van der Waals surface area (Å²) >= 11 is 0. The van der Waals surface area contributed by atoms with Gasteiger partial charge in [-0.1, -0.05) is 37.6 Å². The van der Waals surface area contributed by atoms with Gasteiger partial charge in [0.15, 0.2) is 0 Å². The van der Waals surface area contributed by atoms with Crippen LogP contribution in [0.3, 0.4) is 0 Å². The first-order valence-corrected chi connectivity index (χ1v) is 17.8. The molecule has 0 radical (unpaired) electrons. The zero-order chi connectivity index (χ0) is 33.4. The summed E-state index contributed by atoms with van der Waals surface area (Å²) in [6.45, 7) is 12.3. The first-order chi connectivity index (χ1) is 22.6. The number of aromatic nitrogens is 2. The van der Waals surface area contributed by atoms with Gasteiger partial charge in [0.1, 0.15) is 11.4 Å². The van der Waals surface area contributed by atoms with Gasteiger partial charge in [0.25, 0.3) is 0 Å². The third-order valence-corrected chi connectivity index (χ3v) is 9.64. The van der Waals surface area contributed by atoms with Crippen molar-refractivity contribution < 1.29 is 19.4 Å². The highest BCUT2D eigenvalue weighted by Gasteiger charge is 2.31. The number of anilines is 1. The van der Waals surface area contributed by atoms with Crippen molar-refractivity contribution in [2.24, 2.45) is 5.92 Å². The van der Waals surface area contributed by atoms with E-state index in [0.717, 1.165) is 81.5 Å². The second-order valence-electron chi connectivity index (χ2n) is 14.5. The number of rotatable bonds is 12. The number of benzene rings is 2. The molecule has 2 saturated heterocycles. The van der Waals surface area contributed by atoms with E-state index in [0.29, 0.717) is 25.4 Å². The van der Waals surface area contributed by atoms with Crippen LogP contribution in [0.5, 0.6) is 0 Å². The van der Waals surface area contributed by atoms with Crippen molar-refractivity contribution in [1.82, 2.24) is 19.8 Å². The molecule has 2 aromatic carbocycles. The van der Waals surface area contributed by atoms with Crippen LogP contribution in [0.4, 0.5) is 10.5 Å². The number of piperidine rings is 2. The molecule has 2 amide bonds. The summed E-state index contributed by atoms with van der Waals surface area (Å²) in [6, 6.07) is 16.5. The number of hydrogen-bond donors (Lipinski definition) is 2. The van der Waals surface area contributed by atoms with Gasteiger partial charge >= 0.3 is 6.09 Å². The molecule has 0 unspecified atom stereocenters. The number of alkyl carbamates (subject to hydrolysis) is 1. The van der Waals surface area contributed by atoms with Crippen LogP contribution < -0.4 is 10.2 Å². The Morgan fingerprint density at radius 3 is 2.49 bits per heavy atom. The Labute approximate surface area is 280 Å². The molecule has 3 aromatic rings. The lowest BCUT2D eigenvalue weighted by molar-refractivity contribution is -0.133. The average Bonchev–Trinajstić information content (AvgIpc) is 3.42. The van der Waals surface area contributed by atoms with Gasteiger partial charge in [-0.15, -0.1) is 0 Å². The summed E-state index contributed by atoms with van der Waals surface area (Å²) in [6.07, 6.45) is 7.45. The Kier molecular flexibility index (Phi) is 11.8. The van der Waals surface area contributed by atoms with Gasteiger partial charge in [-0.2, -0.15) is 0 Å². The normalized spacial score (nSPS) is 18.4. The summed E-state index contributed by atoms with van der Waals surface area (Å²) in [7, 11) is 0. The van der Waals surface area contributed by atoms with E-state index >= 15 is 0 Å². The number of carbonyl (C=O) groups is 2. The van der Waals surface area contributed by atoms with Crippen LogP contribution in [-0.4, -0.2) is 76.0 Å². The molecular weight excluding hydrogens is 590 g/mol. The van der Waals surface area contributed by atoms with Gasteiger partial charge in [0.05, 0.1) is 11.0 Å². The molecule has 3 heterocycles. The maximum atomic E-state index is 13.9. The zero-order valence-corrected chi connectivity index (χ0v) is 28.9. The molecule has 0 bridgehead atoms. The molecular formula is C38H55N5O4. The smallest absolute Gasteiger partial charge is 0.407 e. The van der Waals surface area contributed by atoms with Gasteiger partial charge in [0.2, 0.25) is 5.91 Å². The summed E-state index contributed by atoms with van der Waals surface area (Å²) < 4.78 is 7.96. The van der Waals surface area contributed by atoms with Crippen LogP contribution in [0, 0.1) is 5.92 Å². The maximum absolute atomic E-state index is 13.9. The molecule has 2 atom stereocenters. The zero-order valence-electron chi connectivity index (χ0n) is 28.9. The lowest BCUT2D eigenvalue weighted by Gasteiger charge is -2.34. The van der Waals surface area contributed by atoms with E-state index < -0.39 is 17.7 Å². The molecule has 9 nitrogen and oxygen atoms in total. The minimum atomic E-state index is -0.631. The number of fused-ring (bicyclic) bond motifs is 1.